The number of rotatable bonds is 5. The number of carbonyl (C=O) groups excluding carboxylic acids is 1. The number of nitrogens with zero attached hydrogens (tertiary/aromatic N) is 1. The molecule has 0 radical (unpaired) electrons. The molecule has 0 saturated heterocycles. The van der Waals surface area contributed by atoms with E-state index in [4.69, 9.17) is 14.2 Å². The largest absolute Gasteiger partial charge is 0.461 e. The molecule has 1 rings (SSSR count). The van der Waals surface area contributed by atoms with Crippen LogP contribution in [0.3, 0.4) is 0 Å². The van der Waals surface area contributed by atoms with E-state index in [1.54, 1.807) is 12.3 Å². The Hall–Kier alpha value is -0.980. The van der Waals surface area contributed by atoms with Gasteiger partial charge in [0.05, 0.1) is 6.61 Å². The molecule has 1 heterocycles. The van der Waals surface area contributed by atoms with Gasteiger partial charge in [0, 0.05) is 19.6 Å². The summed E-state index contributed by atoms with van der Waals surface area (Å²) in [5, 5.41) is 2.22. The molecule has 15 heavy (non-hydrogen) atoms. The molecular formula is C9H13NO4S. The van der Waals surface area contributed by atoms with Crippen molar-refractivity contribution in [1.82, 2.24) is 4.98 Å². The Kier molecular flexibility index (Phi) is 4.67. The van der Waals surface area contributed by atoms with Crippen LogP contribution in [0.4, 0.5) is 0 Å². The molecule has 0 bridgehead atoms. The van der Waals surface area contributed by atoms with E-state index in [-0.39, 0.29) is 5.69 Å². The lowest BCUT2D eigenvalue weighted by Crippen LogP contribution is -2.07. The van der Waals surface area contributed by atoms with Crippen LogP contribution in [0.25, 0.3) is 0 Å². The monoisotopic (exact) mass is 231 g/mol. The predicted molar refractivity (Wildman–Crippen MR) is 54.8 cm³/mol. The number of methoxy groups -OCH3 is 2. The molecule has 0 aliphatic heterocycles. The van der Waals surface area contributed by atoms with Gasteiger partial charge in [0.2, 0.25) is 6.29 Å². The highest BCUT2D eigenvalue weighted by Crippen LogP contribution is 2.21. The van der Waals surface area contributed by atoms with Crippen molar-refractivity contribution in [1.29, 1.82) is 0 Å². The number of thiazole rings is 1. The van der Waals surface area contributed by atoms with Gasteiger partial charge in [-0.1, -0.05) is 0 Å². The molecule has 0 aliphatic rings. The van der Waals surface area contributed by atoms with Gasteiger partial charge in [-0.2, -0.15) is 0 Å². The molecule has 0 unspecified atom stereocenters. The third kappa shape index (κ3) is 2.98. The normalized spacial score (nSPS) is 10.7. The van der Waals surface area contributed by atoms with Gasteiger partial charge in [0.1, 0.15) is 5.01 Å². The number of hydrogen-bond acceptors (Lipinski definition) is 6. The van der Waals surface area contributed by atoms with Crippen molar-refractivity contribution in [3.05, 3.63) is 16.1 Å². The summed E-state index contributed by atoms with van der Waals surface area (Å²) in [6.45, 7) is 2.09. The van der Waals surface area contributed by atoms with Gasteiger partial charge in [-0.05, 0) is 6.92 Å². The highest BCUT2D eigenvalue weighted by atomic mass is 32.1. The average Bonchev–Trinajstić information content (AvgIpc) is 2.69. The Bertz CT molecular complexity index is 322. The van der Waals surface area contributed by atoms with Crippen molar-refractivity contribution in [3.8, 4) is 0 Å². The van der Waals surface area contributed by atoms with E-state index in [1.165, 1.54) is 25.6 Å². The first-order valence-electron chi connectivity index (χ1n) is 4.41. The molecule has 1 aromatic rings. The lowest BCUT2D eigenvalue weighted by atomic mass is 10.5. The van der Waals surface area contributed by atoms with E-state index < -0.39 is 12.3 Å². The van der Waals surface area contributed by atoms with Crippen molar-refractivity contribution in [2.75, 3.05) is 20.8 Å². The maximum atomic E-state index is 11.3. The van der Waals surface area contributed by atoms with Gasteiger partial charge in [-0.25, -0.2) is 9.78 Å². The molecule has 0 fully saturated rings. The molecule has 0 N–H and O–H groups in total. The van der Waals surface area contributed by atoms with Crippen LogP contribution >= 0.6 is 11.3 Å². The number of ether oxygens (including phenoxy) is 3. The summed E-state index contributed by atoms with van der Waals surface area (Å²) >= 11 is 1.30. The first-order chi connectivity index (χ1) is 7.22. The maximum absolute atomic E-state index is 11.3. The van der Waals surface area contributed by atoms with Crippen LogP contribution in [0.1, 0.15) is 28.7 Å². The molecule has 0 aromatic carbocycles. The van der Waals surface area contributed by atoms with Crippen molar-refractivity contribution in [2.45, 2.75) is 13.2 Å². The Labute approximate surface area is 92.0 Å². The quantitative estimate of drug-likeness (QED) is 0.569. The predicted octanol–water partition coefficient (Wildman–Crippen LogP) is 1.61. The standard InChI is InChI=1S/C9H13NO4S/c1-4-14-8(11)6-5-15-7(10-6)9(12-2)13-3/h5,9H,4H2,1-3H3. The topological polar surface area (TPSA) is 57.7 Å². The summed E-state index contributed by atoms with van der Waals surface area (Å²) in [5.41, 5.74) is 0.288. The van der Waals surface area contributed by atoms with Crippen molar-refractivity contribution in [3.63, 3.8) is 0 Å². The summed E-state index contributed by atoms with van der Waals surface area (Å²) in [6.07, 6.45) is -0.529. The second kappa shape index (κ2) is 5.79. The number of esters is 1. The van der Waals surface area contributed by atoms with E-state index in [1.807, 2.05) is 0 Å². The fourth-order valence-corrected chi connectivity index (χ4v) is 1.83. The van der Waals surface area contributed by atoms with Crippen LogP contribution in [0.2, 0.25) is 0 Å². The molecule has 84 valence electrons. The van der Waals surface area contributed by atoms with Crippen LogP contribution in [-0.2, 0) is 14.2 Å². The summed E-state index contributed by atoms with van der Waals surface area (Å²) in [5.74, 6) is -0.425. The number of aromatic nitrogens is 1. The van der Waals surface area contributed by atoms with Gasteiger partial charge in [-0.15, -0.1) is 11.3 Å². The third-order valence-corrected chi connectivity index (χ3v) is 2.50. The van der Waals surface area contributed by atoms with E-state index in [2.05, 4.69) is 4.98 Å². The zero-order chi connectivity index (χ0) is 11.3. The fraction of sp³-hybridized carbons (Fsp3) is 0.556. The van der Waals surface area contributed by atoms with E-state index >= 15 is 0 Å². The minimum Gasteiger partial charge on any atom is -0.461 e. The maximum Gasteiger partial charge on any atom is 0.357 e. The van der Waals surface area contributed by atoms with Gasteiger partial charge in [0.25, 0.3) is 0 Å². The minimum atomic E-state index is -0.529. The van der Waals surface area contributed by atoms with Crippen LogP contribution in [0.5, 0.6) is 0 Å². The molecule has 0 aliphatic carbocycles. The lowest BCUT2D eigenvalue weighted by Gasteiger charge is -2.08. The fourth-order valence-electron chi connectivity index (χ4n) is 0.993. The Morgan fingerprint density at radius 3 is 2.73 bits per heavy atom. The first kappa shape index (κ1) is 12.1. The van der Waals surface area contributed by atoms with Crippen molar-refractivity contribution in [2.24, 2.45) is 0 Å². The third-order valence-electron chi connectivity index (χ3n) is 1.64. The minimum absolute atomic E-state index is 0.288. The van der Waals surface area contributed by atoms with Crippen molar-refractivity contribution < 1.29 is 19.0 Å². The molecule has 0 amide bonds. The number of hydrogen-bond donors (Lipinski definition) is 0. The summed E-state index contributed by atoms with van der Waals surface area (Å²) in [7, 11) is 3.03. The Balaban J connectivity index is 2.75. The van der Waals surface area contributed by atoms with Crippen LogP contribution < -0.4 is 0 Å². The van der Waals surface area contributed by atoms with Gasteiger partial charge >= 0.3 is 5.97 Å². The lowest BCUT2D eigenvalue weighted by molar-refractivity contribution is -0.106. The van der Waals surface area contributed by atoms with E-state index in [0.29, 0.717) is 11.6 Å². The van der Waals surface area contributed by atoms with E-state index in [9.17, 15) is 4.79 Å². The molecule has 1 aromatic heterocycles. The van der Waals surface area contributed by atoms with Crippen LogP contribution in [0.15, 0.2) is 5.38 Å². The second-order valence-corrected chi connectivity index (χ2v) is 3.48. The van der Waals surface area contributed by atoms with E-state index in [0.717, 1.165) is 0 Å². The summed E-state index contributed by atoms with van der Waals surface area (Å²) in [6, 6.07) is 0. The first-order valence-corrected chi connectivity index (χ1v) is 5.29. The van der Waals surface area contributed by atoms with Gasteiger partial charge < -0.3 is 14.2 Å². The molecule has 5 nitrogen and oxygen atoms in total. The van der Waals surface area contributed by atoms with Gasteiger partial charge in [0.15, 0.2) is 5.69 Å². The summed E-state index contributed by atoms with van der Waals surface area (Å²) in [4.78, 5) is 15.4. The zero-order valence-corrected chi connectivity index (χ0v) is 9.67. The van der Waals surface area contributed by atoms with Crippen LogP contribution in [0, 0.1) is 0 Å². The molecule has 6 heteroatoms. The molecular weight excluding hydrogens is 218 g/mol. The van der Waals surface area contributed by atoms with Crippen molar-refractivity contribution >= 4 is 17.3 Å². The Morgan fingerprint density at radius 2 is 2.20 bits per heavy atom. The number of carbonyl (C=O) groups is 1. The highest BCUT2D eigenvalue weighted by Gasteiger charge is 2.17. The second-order valence-electron chi connectivity index (χ2n) is 2.59. The summed E-state index contributed by atoms with van der Waals surface area (Å²) < 4.78 is 14.8. The molecule has 0 atom stereocenters. The highest BCUT2D eigenvalue weighted by molar-refractivity contribution is 7.09. The molecule has 0 spiro atoms. The van der Waals surface area contributed by atoms with Gasteiger partial charge in [-0.3, -0.25) is 0 Å². The Morgan fingerprint density at radius 1 is 1.53 bits per heavy atom. The zero-order valence-electron chi connectivity index (χ0n) is 8.85. The smallest absolute Gasteiger partial charge is 0.357 e. The SMILES string of the molecule is CCOC(=O)c1csc(C(OC)OC)n1. The molecule has 0 saturated carbocycles. The van der Waals surface area contributed by atoms with Crippen LogP contribution in [-0.4, -0.2) is 31.8 Å². The average molecular weight is 231 g/mol.